The van der Waals surface area contributed by atoms with Crippen molar-refractivity contribution in [1.82, 2.24) is 0 Å². The summed E-state index contributed by atoms with van der Waals surface area (Å²) in [7, 11) is 0. The highest BCUT2D eigenvalue weighted by Gasteiger charge is 2.11. The highest BCUT2D eigenvalue weighted by molar-refractivity contribution is 5.91. The second-order valence-electron chi connectivity index (χ2n) is 4.35. The first-order valence-corrected chi connectivity index (χ1v) is 6.04. The number of hydrogen-bond acceptors (Lipinski definition) is 3. The lowest BCUT2D eigenvalue weighted by Crippen LogP contribution is -1.91. The van der Waals surface area contributed by atoms with Gasteiger partial charge >= 0.3 is 0 Å². The predicted molar refractivity (Wildman–Crippen MR) is 77.8 cm³/mol. The third kappa shape index (κ3) is 2.90. The van der Waals surface area contributed by atoms with Crippen molar-refractivity contribution >= 4 is 17.3 Å². The Hall–Kier alpha value is -2.93. The molecule has 0 aliphatic rings. The number of hydrogen-bond donors (Lipinski definition) is 0. The quantitative estimate of drug-likeness (QED) is 0.364. The van der Waals surface area contributed by atoms with E-state index < -0.39 is 4.92 Å². The number of nitro benzene ring substituents is 1. The van der Waals surface area contributed by atoms with E-state index in [1.165, 1.54) is 6.07 Å². The number of nitriles is 1. The summed E-state index contributed by atoms with van der Waals surface area (Å²) in [6.45, 7) is 1.96. The van der Waals surface area contributed by atoms with Crippen molar-refractivity contribution in [3.63, 3.8) is 0 Å². The molecule has 0 saturated carbocycles. The lowest BCUT2D eigenvalue weighted by molar-refractivity contribution is -0.385. The molecule has 0 aliphatic carbocycles. The van der Waals surface area contributed by atoms with E-state index in [1.54, 1.807) is 24.3 Å². The topological polar surface area (TPSA) is 66.9 Å². The van der Waals surface area contributed by atoms with E-state index in [0.29, 0.717) is 11.1 Å². The minimum atomic E-state index is -0.448. The molecule has 0 aromatic heterocycles. The van der Waals surface area contributed by atoms with Crippen molar-refractivity contribution in [1.29, 1.82) is 5.26 Å². The zero-order valence-electron chi connectivity index (χ0n) is 10.9. The molecule has 0 saturated heterocycles. The summed E-state index contributed by atoms with van der Waals surface area (Å²) in [5, 5.41) is 20.2. The summed E-state index contributed by atoms with van der Waals surface area (Å²) in [6.07, 6.45) is 1.54. The van der Waals surface area contributed by atoms with Crippen molar-refractivity contribution in [3.8, 4) is 6.07 Å². The van der Waals surface area contributed by atoms with Crippen LogP contribution in [0, 0.1) is 28.4 Å². The molecule has 0 radical (unpaired) electrons. The van der Waals surface area contributed by atoms with Crippen molar-refractivity contribution in [2.45, 2.75) is 6.92 Å². The number of benzene rings is 2. The van der Waals surface area contributed by atoms with Gasteiger partial charge < -0.3 is 0 Å². The Kier molecular flexibility index (Phi) is 3.92. The molecule has 4 nitrogen and oxygen atoms in total. The molecule has 2 aromatic carbocycles. The molecule has 2 rings (SSSR count). The smallest absolute Gasteiger partial charge is 0.258 e. The Morgan fingerprint density at radius 3 is 2.45 bits per heavy atom. The van der Waals surface area contributed by atoms with Crippen LogP contribution in [0.15, 0.2) is 48.5 Å². The molecule has 0 unspecified atom stereocenters. The van der Waals surface area contributed by atoms with Gasteiger partial charge in [0.1, 0.15) is 0 Å². The third-order valence-corrected chi connectivity index (χ3v) is 2.92. The minimum absolute atomic E-state index is 0.00707. The van der Waals surface area contributed by atoms with Crippen molar-refractivity contribution in [2.75, 3.05) is 0 Å². The van der Waals surface area contributed by atoms with Gasteiger partial charge in [0.2, 0.25) is 0 Å². The van der Waals surface area contributed by atoms with Crippen LogP contribution in [0.25, 0.3) is 11.6 Å². The van der Waals surface area contributed by atoms with E-state index in [4.69, 9.17) is 0 Å². The van der Waals surface area contributed by atoms with Gasteiger partial charge in [-0.3, -0.25) is 10.1 Å². The molecule has 0 N–H and O–H groups in total. The lowest BCUT2D eigenvalue weighted by Gasteiger charge is -2.01. The van der Waals surface area contributed by atoms with Gasteiger partial charge in [0, 0.05) is 6.07 Å². The van der Waals surface area contributed by atoms with Gasteiger partial charge in [-0.25, -0.2) is 0 Å². The molecule has 0 fully saturated rings. The fraction of sp³-hybridized carbons (Fsp3) is 0.0625. The molecule has 0 heterocycles. The maximum atomic E-state index is 11.0. The number of allylic oxidation sites excluding steroid dienone is 1. The molecular weight excluding hydrogens is 252 g/mol. The highest BCUT2D eigenvalue weighted by Crippen LogP contribution is 2.24. The molecule has 20 heavy (non-hydrogen) atoms. The minimum Gasteiger partial charge on any atom is -0.258 e. The standard InChI is InChI=1S/C16H12N2O2/c1-12-6-8-13(9-7-12)15(11-17)10-14-4-2-3-5-16(14)18(19)20/h2-10H,1H3. The van der Waals surface area contributed by atoms with Gasteiger partial charge in [0.15, 0.2) is 0 Å². The first-order valence-electron chi connectivity index (χ1n) is 6.04. The average molecular weight is 264 g/mol. The summed E-state index contributed by atoms with van der Waals surface area (Å²) in [4.78, 5) is 10.5. The second-order valence-corrected chi connectivity index (χ2v) is 4.35. The first-order chi connectivity index (χ1) is 9.61. The van der Waals surface area contributed by atoms with E-state index in [1.807, 2.05) is 31.2 Å². The Morgan fingerprint density at radius 1 is 1.20 bits per heavy atom. The molecule has 0 atom stereocenters. The van der Waals surface area contributed by atoms with Crippen LogP contribution in [-0.2, 0) is 0 Å². The van der Waals surface area contributed by atoms with Crippen LogP contribution >= 0.6 is 0 Å². The summed E-state index contributed by atoms with van der Waals surface area (Å²) < 4.78 is 0. The Morgan fingerprint density at radius 2 is 1.85 bits per heavy atom. The predicted octanol–water partition coefficient (Wildman–Crippen LogP) is 3.97. The maximum Gasteiger partial charge on any atom is 0.276 e. The number of nitrogens with zero attached hydrogens (tertiary/aromatic N) is 2. The number of aryl methyl sites for hydroxylation is 1. The zero-order chi connectivity index (χ0) is 14.5. The molecule has 0 amide bonds. The van der Waals surface area contributed by atoms with Gasteiger partial charge in [-0.1, -0.05) is 42.0 Å². The second kappa shape index (κ2) is 5.81. The van der Waals surface area contributed by atoms with E-state index >= 15 is 0 Å². The molecule has 0 aliphatic heterocycles. The van der Waals surface area contributed by atoms with Crippen LogP contribution in [0.3, 0.4) is 0 Å². The van der Waals surface area contributed by atoms with E-state index in [2.05, 4.69) is 6.07 Å². The molecule has 0 bridgehead atoms. The van der Waals surface area contributed by atoms with E-state index in [0.717, 1.165) is 11.1 Å². The van der Waals surface area contributed by atoms with Crippen LogP contribution in [0.2, 0.25) is 0 Å². The van der Waals surface area contributed by atoms with Crippen molar-refractivity contribution in [3.05, 3.63) is 75.3 Å². The number of nitro groups is 1. The van der Waals surface area contributed by atoms with E-state index in [9.17, 15) is 15.4 Å². The first kappa shape index (κ1) is 13.5. The Balaban J connectivity index is 2.50. The van der Waals surface area contributed by atoms with Gasteiger partial charge in [-0.15, -0.1) is 0 Å². The monoisotopic (exact) mass is 264 g/mol. The van der Waals surface area contributed by atoms with Gasteiger partial charge in [0.05, 0.1) is 22.1 Å². The Labute approximate surface area is 116 Å². The van der Waals surface area contributed by atoms with Crippen LogP contribution in [0.4, 0.5) is 5.69 Å². The van der Waals surface area contributed by atoms with Crippen LogP contribution in [-0.4, -0.2) is 4.92 Å². The maximum absolute atomic E-state index is 11.0. The van der Waals surface area contributed by atoms with Gasteiger partial charge in [0.25, 0.3) is 5.69 Å². The van der Waals surface area contributed by atoms with Crippen molar-refractivity contribution < 1.29 is 4.92 Å². The zero-order valence-corrected chi connectivity index (χ0v) is 10.9. The highest BCUT2D eigenvalue weighted by atomic mass is 16.6. The largest absolute Gasteiger partial charge is 0.276 e. The van der Waals surface area contributed by atoms with Gasteiger partial charge in [-0.05, 0) is 24.6 Å². The average Bonchev–Trinajstić information content (AvgIpc) is 2.46. The molecule has 0 spiro atoms. The summed E-state index contributed by atoms with van der Waals surface area (Å²) in [5.74, 6) is 0. The normalized spacial score (nSPS) is 10.9. The summed E-state index contributed by atoms with van der Waals surface area (Å²) in [5.41, 5.74) is 2.66. The Bertz CT molecular complexity index is 710. The van der Waals surface area contributed by atoms with Crippen molar-refractivity contribution in [2.24, 2.45) is 0 Å². The molecular formula is C16H12N2O2. The third-order valence-electron chi connectivity index (χ3n) is 2.92. The van der Waals surface area contributed by atoms with Gasteiger partial charge in [-0.2, -0.15) is 5.26 Å². The lowest BCUT2D eigenvalue weighted by atomic mass is 10.0. The molecule has 2 aromatic rings. The molecule has 98 valence electrons. The van der Waals surface area contributed by atoms with Crippen LogP contribution in [0.1, 0.15) is 16.7 Å². The fourth-order valence-electron chi connectivity index (χ4n) is 1.84. The summed E-state index contributed by atoms with van der Waals surface area (Å²) >= 11 is 0. The number of rotatable bonds is 3. The van der Waals surface area contributed by atoms with Crippen LogP contribution < -0.4 is 0 Å². The number of para-hydroxylation sites is 1. The van der Waals surface area contributed by atoms with Crippen LogP contribution in [0.5, 0.6) is 0 Å². The van der Waals surface area contributed by atoms with E-state index in [-0.39, 0.29) is 5.69 Å². The summed E-state index contributed by atoms with van der Waals surface area (Å²) in [6, 6.07) is 15.9. The molecule has 4 heteroatoms. The SMILES string of the molecule is Cc1ccc(C(C#N)=Cc2ccccc2[N+](=O)[O-])cc1. The fourth-order valence-corrected chi connectivity index (χ4v) is 1.84.